The maximum atomic E-state index is 11.0. The van der Waals surface area contributed by atoms with E-state index in [-0.39, 0.29) is 16.6 Å². The van der Waals surface area contributed by atoms with Crippen molar-refractivity contribution in [3.63, 3.8) is 0 Å². The number of rotatable bonds is 6. The molecule has 0 fully saturated rings. The Morgan fingerprint density at radius 3 is 2.21 bits per heavy atom. The highest BCUT2D eigenvalue weighted by Gasteiger charge is 2.38. The number of carboxylic acid groups (broad SMARTS) is 1. The average molecular weight is 457 g/mol. The molecular formula is C30H32O4. The van der Waals surface area contributed by atoms with Crippen molar-refractivity contribution in [2.24, 2.45) is 0 Å². The average Bonchev–Trinajstić information content (AvgIpc) is 2.80. The van der Waals surface area contributed by atoms with Gasteiger partial charge in [-0.1, -0.05) is 64.1 Å². The molecule has 0 bridgehead atoms. The minimum atomic E-state index is -1.01. The van der Waals surface area contributed by atoms with Crippen molar-refractivity contribution in [2.75, 3.05) is 0 Å². The molecule has 0 aromatic heterocycles. The number of phenolic OH excluding ortho intramolecular Hbond substituents is 1. The summed E-state index contributed by atoms with van der Waals surface area (Å²) >= 11 is 0. The molecule has 1 aliphatic carbocycles. The van der Waals surface area contributed by atoms with Crippen molar-refractivity contribution in [1.29, 1.82) is 0 Å². The van der Waals surface area contributed by atoms with E-state index < -0.39 is 5.97 Å². The number of aliphatic carboxylic acids is 1. The Kier molecular flexibility index (Phi) is 6.26. The molecule has 4 rings (SSSR count). The first-order chi connectivity index (χ1) is 16.1. The lowest BCUT2D eigenvalue weighted by molar-refractivity contribution is -0.131. The third kappa shape index (κ3) is 4.86. The molecule has 3 aromatic rings. The SMILES string of the molecule is CC1(C)CCC(C)(C)c2cc(-c3cc(/C=C/C(=O)O)ccc3O)c(OCc3ccccc3)cc21. The number of hydrogen-bond donors (Lipinski definition) is 2. The van der Waals surface area contributed by atoms with Gasteiger partial charge in [-0.3, -0.25) is 0 Å². The second-order valence-corrected chi connectivity index (χ2v) is 10.4. The monoisotopic (exact) mass is 456 g/mol. The van der Waals surface area contributed by atoms with Gasteiger partial charge in [-0.15, -0.1) is 0 Å². The van der Waals surface area contributed by atoms with Crippen LogP contribution in [0.4, 0.5) is 0 Å². The third-order valence-corrected chi connectivity index (χ3v) is 6.92. The number of hydrogen-bond acceptors (Lipinski definition) is 3. The molecule has 4 nitrogen and oxygen atoms in total. The summed E-state index contributed by atoms with van der Waals surface area (Å²) in [5.74, 6) is -0.174. The van der Waals surface area contributed by atoms with E-state index in [2.05, 4.69) is 39.8 Å². The Bertz CT molecular complexity index is 1240. The second-order valence-electron chi connectivity index (χ2n) is 10.4. The van der Waals surface area contributed by atoms with Crippen LogP contribution in [0, 0.1) is 0 Å². The lowest BCUT2D eigenvalue weighted by atomic mass is 9.62. The zero-order valence-corrected chi connectivity index (χ0v) is 20.3. The van der Waals surface area contributed by atoms with E-state index in [0.717, 1.165) is 30.0 Å². The molecule has 1 aliphatic rings. The fourth-order valence-electron chi connectivity index (χ4n) is 4.70. The minimum Gasteiger partial charge on any atom is -0.507 e. The molecule has 0 heterocycles. The molecule has 34 heavy (non-hydrogen) atoms. The Hall–Kier alpha value is -3.53. The molecule has 0 saturated carbocycles. The van der Waals surface area contributed by atoms with Crippen molar-refractivity contribution >= 4 is 12.0 Å². The van der Waals surface area contributed by atoms with E-state index in [1.807, 2.05) is 36.4 Å². The van der Waals surface area contributed by atoms with Gasteiger partial charge in [0.2, 0.25) is 0 Å². The van der Waals surface area contributed by atoms with Crippen LogP contribution < -0.4 is 4.74 Å². The van der Waals surface area contributed by atoms with Gasteiger partial charge >= 0.3 is 5.97 Å². The van der Waals surface area contributed by atoms with Crippen LogP contribution in [0.1, 0.15) is 62.8 Å². The highest BCUT2D eigenvalue weighted by atomic mass is 16.5. The molecule has 0 radical (unpaired) electrons. The molecule has 2 N–H and O–H groups in total. The van der Waals surface area contributed by atoms with E-state index >= 15 is 0 Å². The number of carboxylic acids is 1. The van der Waals surface area contributed by atoms with Gasteiger partial charge in [0.1, 0.15) is 18.1 Å². The summed E-state index contributed by atoms with van der Waals surface area (Å²) < 4.78 is 6.38. The van der Waals surface area contributed by atoms with Gasteiger partial charge in [-0.05, 0) is 76.3 Å². The second kappa shape index (κ2) is 9.02. The van der Waals surface area contributed by atoms with Crippen molar-refractivity contribution in [1.82, 2.24) is 0 Å². The summed E-state index contributed by atoms with van der Waals surface area (Å²) in [5.41, 5.74) is 5.74. The molecular weight excluding hydrogens is 424 g/mol. The van der Waals surface area contributed by atoms with Crippen LogP contribution in [0.5, 0.6) is 11.5 Å². The van der Waals surface area contributed by atoms with Gasteiger partial charge in [0.15, 0.2) is 0 Å². The first-order valence-corrected chi connectivity index (χ1v) is 11.7. The zero-order chi connectivity index (χ0) is 24.5. The Balaban J connectivity index is 1.88. The standard InChI is InChI=1S/C30H32O4/c1-29(2)14-15-30(3,4)25-18-27(34-19-21-8-6-5-7-9-21)23(17-24(25)29)22-16-20(10-12-26(22)31)11-13-28(32)33/h5-13,16-18,31H,14-15,19H2,1-4H3,(H,32,33)/b13-11+. The van der Waals surface area contributed by atoms with Crippen molar-refractivity contribution < 1.29 is 19.7 Å². The van der Waals surface area contributed by atoms with E-state index in [1.54, 1.807) is 12.1 Å². The third-order valence-electron chi connectivity index (χ3n) is 6.92. The van der Waals surface area contributed by atoms with Crippen LogP contribution >= 0.6 is 0 Å². The highest BCUT2D eigenvalue weighted by Crippen LogP contribution is 2.50. The lowest BCUT2D eigenvalue weighted by Gasteiger charge is -2.42. The van der Waals surface area contributed by atoms with Gasteiger partial charge in [-0.25, -0.2) is 4.79 Å². The van der Waals surface area contributed by atoms with Crippen molar-refractivity contribution in [3.05, 3.63) is 89.0 Å². The molecule has 176 valence electrons. The highest BCUT2D eigenvalue weighted by molar-refractivity contribution is 5.86. The van der Waals surface area contributed by atoms with E-state index in [9.17, 15) is 9.90 Å². The molecule has 0 atom stereocenters. The zero-order valence-electron chi connectivity index (χ0n) is 20.3. The number of carbonyl (C=O) groups is 1. The van der Waals surface area contributed by atoms with Crippen LogP contribution in [-0.2, 0) is 22.2 Å². The Morgan fingerprint density at radius 1 is 0.912 bits per heavy atom. The van der Waals surface area contributed by atoms with Gasteiger partial charge in [-0.2, -0.15) is 0 Å². The van der Waals surface area contributed by atoms with E-state index in [1.165, 1.54) is 17.2 Å². The predicted octanol–water partition coefficient (Wildman–Crippen LogP) is 7.09. The topological polar surface area (TPSA) is 66.8 Å². The maximum Gasteiger partial charge on any atom is 0.328 e. The summed E-state index contributed by atoms with van der Waals surface area (Å²) in [6.45, 7) is 9.49. The van der Waals surface area contributed by atoms with E-state index in [0.29, 0.717) is 23.5 Å². The minimum absolute atomic E-state index is 0.00595. The molecule has 0 amide bonds. The molecule has 0 unspecified atom stereocenters. The van der Waals surface area contributed by atoms with E-state index in [4.69, 9.17) is 9.84 Å². The van der Waals surface area contributed by atoms with Crippen LogP contribution in [0.25, 0.3) is 17.2 Å². The normalized spacial score (nSPS) is 16.2. The maximum absolute atomic E-state index is 11.0. The number of fused-ring (bicyclic) bond motifs is 1. The molecule has 0 aliphatic heterocycles. The van der Waals surface area contributed by atoms with Crippen LogP contribution in [0.3, 0.4) is 0 Å². The number of benzene rings is 3. The molecule has 3 aromatic carbocycles. The summed E-state index contributed by atoms with van der Waals surface area (Å²) in [4.78, 5) is 11.0. The van der Waals surface area contributed by atoms with Crippen molar-refractivity contribution in [2.45, 2.75) is 58.0 Å². The fraction of sp³-hybridized carbons (Fsp3) is 0.300. The molecule has 0 saturated heterocycles. The van der Waals surface area contributed by atoms with Gasteiger partial charge in [0, 0.05) is 17.2 Å². The summed E-state index contributed by atoms with van der Waals surface area (Å²) in [7, 11) is 0. The van der Waals surface area contributed by atoms with Gasteiger partial charge < -0.3 is 14.9 Å². The summed E-state index contributed by atoms with van der Waals surface area (Å²) in [6, 6.07) is 19.4. The van der Waals surface area contributed by atoms with Gasteiger partial charge in [0.25, 0.3) is 0 Å². The Labute approximate surface area is 201 Å². The molecule has 4 heteroatoms. The van der Waals surface area contributed by atoms with Crippen molar-refractivity contribution in [3.8, 4) is 22.6 Å². The Morgan fingerprint density at radius 2 is 1.56 bits per heavy atom. The quantitative estimate of drug-likeness (QED) is 0.389. The molecule has 0 spiro atoms. The number of phenols is 1. The van der Waals surface area contributed by atoms with Crippen LogP contribution in [-0.4, -0.2) is 16.2 Å². The van der Waals surface area contributed by atoms with Gasteiger partial charge in [0.05, 0.1) is 0 Å². The largest absolute Gasteiger partial charge is 0.507 e. The fourth-order valence-corrected chi connectivity index (χ4v) is 4.70. The smallest absolute Gasteiger partial charge is 0.328 e. The number of ether oxygens (including phenoxy) is 1. The van der Waals surface area contributed by atoms with Crippen LogP contribution in [0.15, 0.2) is 66.7 Å². The summed E-state index contributed by atoms with van der Waals surface area (Å²) in [5, 5.41) is 19.8. The lowest BCUT2D eigenvalue weighted by Crippen LogP contribution is -2.33. The first-order valence-electron chi connectivity index (χ1n) is 11.7. The van der Waals surface area contributed by atoms with Crippen LogP contribution in [0.2, 0.25) is 0 Å². The predicted molar refractivity (Wildman–Crippen MR) is 136 cm³/mol. The summed E-state index contributed by atoms with van der Waals surface area (Å²) in [6.07, 6.45) is 4.79. The first kappa shape index (κ1) is 23.6. The number of aromatic hydroxyl groups is 1.